The molecule has 2 aliphatic heterocycles. The maximum absolute atomic E-state index is 13.0. The van der Waals surface area contributed by atoms with Crippen molar-refractivity contribution in [2.45, 2.75) is 31.7 Å². The van der Waals surface area contributed by atoms with Gasteiger partial charge in [-0.3, -0.25) is 9.69 Å². The largest absolute Gasteiger partial charge is 0.338 e. The summed E-state index contributed by atoms with van der Waals surface area (Å²) in [6, 6.07) is 13.3. The summed E-state index contributed by atoms with van der Waals surface area (Å²) in [5, 5.41) is 2.23. The summed E-state index contributed by atoms with van der Waals surface area (Å²) < 4.78 is 0. The molecule has 3 heterocycles. The van der Waals surface area contributed by atoms with Gasteiger partial charge in [0.15, 0.2) is 0 Å². The Morgan fingerprint density at radius 1 is 1.07 bits per heavy atom. The molecule has 3 nitrogen and oxygen atoms in total. The molecular formula is C23H26N2OS. The Hall–Kier alpha value is -1.91. The van der Waals surface area contributed by atoms with Crippen molar-refractivity contribution < 1.29 is 4.79 Å². The first-order chi connectivity index (χ1) is 13.3. The predicted octanol–water partition coefficient (Wildman–Crippen LogP) is 4.37. The van der Waals surface area contributed by atoms with Crippen LogP contribution in [0.2, 0.25) is 0 Å². The van der Waals surface area contributed by atoms with Crippen LogP contribution in [0.15, 0.2) is 47.9 Å². The molecule has 1 fully saturated rings. The molecule has 27 heavy (non-hydrogen) atoms. The van der Waals surface area contributed by atoms with Gasteiger partial charge in [-0.15, -0.1) is 11.3 Å². The standard InChI is InChI=1S/C23H26N2OS/c26-22(24-12-8-18(9-13-24)17-4-2-1-3-5-17)16-25-14-10-21-20(11-15-27-21)23(25)19-6-7-19/h1-5,8,11,15,19,23H,6-7,9-10,12-14,16H2/t23-/m1/s1. The highest BCUT2D eigenvalue weighted by Crippen LogP contribution is 2.48. The Morgan fingerprint density at radius 3 is 2.67 bits per heavy atom. The molecule has 0 spiro atoms. The molecule has 1 saturated carbocycles. The Balaban J connectivity index is 1.25. The van der Waals surface area contributed by atoms with E-state index in [-0.39, 0.29) is 0 Å². The van der Waals surface area contributed by atoms with E-state index in [1.54, 1.807) is 4.88 Å². The van der Waals surface area contributed by atoms with Crippen LogP contribution in [0.25, 0.3) is 5.57 Å². The lowest BCUT2D eigenvalue weighted by atomic mass is 9.95. The minimum Gasteiger partial charge on any atom is -0.338 e. The SMILES string of the molecule is O=C(CN1CCc2sccc2[C@H]1C1CC1)N1CC=C(c2ccccc2)CC1. The van der Waals surface area contributed by atoms with E-state index in [0.29, 0.717) is 18.5 Å². The van der Waals surface area contributed by atoms with E-state index in [1.807, 2.05) is 16.2 Å². The molecule has 0 saturated heterocycles. The van der Waals surface area contributed by atoms with Crippen LogP contribution in [0.4, 0.5) is 0 Å². The Bertz CT molecular complexity index is 852. The zero-order valence-corrected chi connectivity index (χ0v) is 16.5. The number of benzene rings is 1. The quantitative estimate of drug-likeness (QED) is 0.789. The van der Waals surface area contributed by atoms with Gasteiger partial charge in [-0.25, -0.2) is 0 Å². The van der Waals surface area contributed by atoms with Gasteiger partial charge in [0.05, 0.1) is 6.54 Å². The van der Waals surface area contributed by atoms with E-state index >= 15 is 0 Å². The van der Waals surface area contributed by atoms with Crippen molar-refractivity contribution in [2.24, 2.45) is 5.92 Å². The number of carbonyl (C=O) groups is 1. The van der Waals surface area contributed by atoms with Crippen molar-refractivity contribution in [3.05, 3.63) is 63.9 Å². The van der Waals surface area contributed by atoms with E-state index in [2.05, 4.69) is 52.8 Å². The van der Waals surface area contributed by atoms with E-state index < -0.39 is 0 Å². The van der Waals surface area contributed by atoms with Crippen molar-refractivity contribution >= 4 is 22.8 Å². The molecule has 0 radical (unpaired) electrons. The van der Waals surface area contributed by atoms with Crippen LogP contribution >= 0.6 is 11.3 Å². The van der Waals surface area contributed by atoms with Gasteiger partial charge >= 0.3 is 0 Å². The number of rotatable bonds is 4. The fourth-order valence-electron chi connectivity index (χ4n) is 4.62. The van der Waals surface area contributed by atoms with E-state index in [4.69, 9.17) is 0 Å². The predicted molar refractivity (Wildman–Crippen MR) is 111 cm³/mol. The summed E-state index contributed by atoms with van der Waals surface area (Å²) in [6.45, 7) is 3.18. The normalized spacial score (nSPS) is 23.0. The topological polar surface area (TPSA) is 23.6 Å². The Morgan fingerprint density at radius 2 is 1.93 bits per heavy atom. The fraction of sp³-hybridized carbons (Fsp3) is 0.435. The van der Waals surface area contributed by atoms with Crippen LogP contribution in [0.1, 0.15) is 41.3 Å². The fourth-order valence-corrected chi connectivity index (χ4v) is 5.54. The van der Waals surface area contributed by atoms with Crippen molar-refractivity contribution in [3.63, 3.8) is 0 Å². The van der Waals surface area contributed by atoms with Gasteiger partial charge in [0, 0.05) is 30.6 Å². The van der Waals surface area contributed by atoms with Crippen LogP contribution in [0, 0.1) is 5.92 Å². The zero-order valence-electron chi connectivity index (χ0n) is 15.6. The van der Waals surface area contributed by atoms with Crippen LogP contribution in [0.3, 0.4) is 0 Å². The highest BCUT2D eigenvalue weighted by molar-refractivity contribution is 7.10. The van der Waals surface area contributed by atoms with Crippen molar-refractivity contribution in [2.75, 3.05) is 26.2 Å². The molecule has 4 heteroatoms. The van der Waals surface area contributed by atoms with Crippen molar-refractivity contribution in [1.29, 1.82) is 0 Å². The minimum atomic E-state index is 0.294. The van der Waals surface area contributed by atoms with Crippen molar-refractivity contribution in [3.8, 4) is 0 Å². The number of thiophene rings is 1. The lowest BCUT2D eigenvalue weighted by molar-refractivity contribution is -0.132. The molecule has 1 amide bonds. The second kappa shape index (κ2) is 7.25. The van der Waals surface area contributed by atoms with Gasteiger partial charge < -0.3 is 4.90 Å². The number of fused-ring (bicyclic) bond motifs is 1. The van der Waals surface area contributed by atoms with Crippen molar-refractivity contribution in [1.82, 2.24) is 9.80 Å². The molecule has 1 aromatic heterocycles. The smallest absolute Gasteiger partial charge is 0.237 e. The Kier molecular flexibility index (Phi) is 4.62. The molecule has 2 aromatic rings. The molecule has 1 aliphatic carbocycles. The monoisotopic (exact) mass is 378 g/mol. The van der Waals surface area contributed by atoms with E-state index in [9.17, 15) is 4.79 Å². The summed E-state index contributed by atoms with van der Waals surface area (Å²) in [6.07, 6.45) is 6.93. The molecule has 5 rings (SSSR count). The van der Waals surface area contributed by atoms with E-state index in [1.165, 1.54) is 29.5 Å². The summed E-state index contributed by atoms with van der Waals surface area (Å²) in [7, 11) is 0. The van der Waals surface area contributed by atoms with E-state index in [0.717, 1.165) is 38.4 Å². The molecule has 0 N–H and O–H groups in total. The molecule has 0 unspecified atom stereocenters. The molecule has 140 valence electrons. The molecule has 1 aromatic carbocycles. The summed E-state index contributed by atoms with van der Waals surface area (Å²) >= 11 is 1.89. The lowest BCUT2D eigenvalue weighted by Crippen LogP contribution is -2.45. The summed E-state index contributed by atoms with van der Waals surface area (Å²) in [4.78, 5) is 19.1. The first kappa shape index (κ1) is 17.2. The first-order valence-electron chi connectivity index (χ1n) is 10.1. The van der Waals surface area contributed by atoms with Crippen LogP contribution in [0.5, 0.6) is 0 Å². The average Bonchev–Trinajstić information content (AvgIpc) is 3.44. The summed E-state index contributed by atoms with van der Waals surface area (Å²) in [5.41, 5.74) is 4.17. The third kappa shape index (κ3) is 3.48. The molecule has 1 atom stereocenters. The first-order valence-corrected chi connectivity index (χ1v) is 11.0. The van der Waals surface area contributed by atoms with Gasteiger partial charge in [0.25, 0.3) is 0 Å². The second-order valence-corrected chi connectivity index (χ2v) is 8.99. The van der Waals surface area contributed by atoms with Gasteiger partial charge in [0.1, 0.15) is 0 Å². The number of carbonyl (C=O) groups excluding carboxylic acids is 1. The van der Waals surface area contributed by atoms with Gasteiger partial charge in [-0.05, 0) is 59.7 Å². The van der Waals surface area contributed by atoms with Gasteiger partial charge in [0.2, 0.25) is 5.91 Å². The highest BCUT2D eigenvalue weighted by atomic mass is 32.1. The second-order valence-electron chi connectivity index (χ2n) is 7.99. The van der Waals surface area contributed by atoms with Crippen LogP contribution in [-0.2, 0) is 11.2 Å². The average molecular weight is 379 g/mol. The maximum atomic E-state index is 13.0. The molecular weight excluding hydrogens is 352 g/mol. The number of nitrogens with zero attached hydrogens (tertiary/aromatic N) is 2. The van der Waals surface area contributed by atoms with Gasteiger partial charge in [-0.2, -0.15) is 0 Å². The number of hydrogen-bond donors (Lipinski definition) is 0. The molecule has 0 bridgehead atoms. The van der Waals surface area contributed by atoms with Crippen LogP contribution < -0.4 is 0 Å². The maximum Gasteiger partial charge on any atom is 0.237 e. The lowest BCUT2D eigenvalue weighted by Gasteiger charge is -2.37. The summed E-state index contributed by atoms with van der Waals surface area (Å²) in [5.74, 6) is 1.06. The minimum absolute atomic E-state index is 0.294. The Labute approximate surface area is 165 Å². The van der Waals surface area contributed by atoms with Gasteiger partial charge in [-0.1, -0.05) is 36.4 Å². The number of hydrogen-bond acceptors (Lipinski definition) is 3. The molecule has 3 aliphatic rings. The number of amides is 1. The third-order valence-electron chi connectivity index (χ3n) is 6.23. The zero-order chi connectivity index (χ0) is 18.2. The third-order valence-corrected chi connectivity index (χ3v) is 7.23. The highest BCUT2D eigenvalue weighted by Gasteiger charge is 2.40. The van der Waals surface area contributed by atoms with Crippen LogP contribution in [-0.4, -0.2) is 41.9 Å².